The summed E-state index contributed by atoms with van der Waals surface area (Å²) in [7, 11) is -3.44. The van der Waals surface area contributed by atoms with Crippen molar-refractivity contribution in [2.75, 3.05) is 31.1 Å². The van der Waals surface area contributed by atoms with E-state index in [9.17, 15) is 8.42 Å². The zero-order chi connectivity index (χ0) is 19.8. The maximum absolute atomic E-state index is 12.7. The number of hydrogen-bond donors (Lipinski definition) is 0. The smallest absolute Gasteiger partial charge is 0.236 e. The SMILES string of the molecule is O=S(=O)(C=Cc1ccccc1)N1CCN(c2ccc3nnc(C4CC4)n3n2)CC1. The van der Waals surface area contributed by atoms with Gasteiger partial charge in [0.15, 0.2) is 11.5 Å². The molecule has 29 heavy (non-hydrogen) atoms. The lowest BCUT2D eigenvalue weighted by molar-refractivity contribution is 0.388. The molecule has 1 saturated carbocycles. The highest BCUT2D eigenvalue weighted by Gasteiger charge is 2.30. The first kappa shape index (κ1) is 18.3. The summed E-state index contributed by atoms with van der Waals surface area (Å²) in [5.41, 5.74) is 1.62. The second kappa shape index (κ2) is 7.23. The van der Waals surface area contributed by atoms with Crippen LogP contribution in [-0.4, -0.2) is 58.7 Å². The van der Waals surface area contributed by atoms with Crippen LogP contribution in [0.4, 0.5) is 5.82 Å². The molecule has 2 aliphatic rings. The van der Waals surface area contributed by atoms with Gasteiger partial charge in [0.25, 0.3) is 0 Å². The number of rotatable bonds is 5. The Morgan fingerprint density at radius 2 is 1.69 bits per heavy atom. The van der Waals surface area contributed by atoms with Crippen molar-refractivity contribution < 1.29 is 8.42 Å². The predicted molar refractivity (Wildman–Crippen MR) is 111 cm³/mol. The van der Waals surface area contributed by atoms with Gasteiger partial charge in [-0.1, -0.05) is 30.3 Å². The van der Waals surface area contributed by atoms with Crippen molar-refractivity contribution in [1.29, 1.82) is 0 Å². The summed E-state index contributed by atoms with van der Waals surface area (Å²) in [6.07, 6.45) is 3.92. The van der Waals surface area contributed by atoms with E-state index in [1.165, 1.54) is 9.71 Å². The van der Waals surface area contributed by atoms with Gasteiger partial charge in [-0.05, 0) is 36.6 Å². The average Bonchev–Trinajstić information content (AvgIpc) is 3.52. The lowest BCUT2D eigenvalue weighted by Crippen LogP contribution is -2.48. The Hall–Kier alpha value is -2.78. The molecular weight excluding hydrogens is 388 g/mol. The number of nitrogens with zero attached hydrogens (tertiary/aromatic N) is 6. The predicted octanol–water partition coefficient (Wildman–Crippen LogP) is 2.12. The van der Waals surface area contributed by atoms with Crippen LogP contribution in [0.2, 0.25) is 0 Å². The van der Waals surface area contributed by atoms with Crippen molar-refractivity contribution in [3.05, 3.63) is 59.3 Å². The summed E-state index contributed by atoms with van der Waals surface area (Å²) in [6, 6.07) is 13.3. The Bertz CT molecular complexity index is 1150. The van der Waals surface area contributed by atoms with E-state index in [2.05, 4.69) is 15.1 Å². The molecule has 0 amide bonds. The molecule has 1 aliphatic carbocycles. The largest absolute Gasteiger partial charge is 0.353 e. The first-order valence-electron chi connectivity index (χ1n) is 9.81. The third kappa shape index (κ3) is 3.75. The fraction of sp³-hybridized carbons (Fsp3) is 0.350. The molecule has 3 aromatic rings. The van der Waals surface area contributed by atoms with E-state index >= 15 is 0 Å². The number of anilines is 1. The van der Waals surface area contributed by atoms with Crippen LogP contribution in [0.25, 0.3) is 11.7 Å². The minimum atomic E-state index is -3.44. The summed E-state index contributed by atoms with van der Waals surface area (Å²) in [4.78, 5) is 2.11. The van der Waals surface area contributed by atoms with E-state index in [-0.39, 0.29) is 0 Å². The molecule has 0 N–H and O–H groups in total. The fourth-order valence-electron chi connectivity index (χ4n) is 3.55. The quantitative estimate of drug-likeness (QED) is 0.641. The molecule has 3 heterocycles. The molecule has 1 saturated heterocycles. The van der Waals surface area contributed by atoms with Gasteiger partial charge in [0.1, 0.15) is 5.82 Å². The van der Waals surface area contributed by atoms with Gasteiger partial charge < -0.3 is 4.90 Å². The molecule has 2 fully saturated rings. The Balaban J connectivity index is 1.28. The van der Waals surface area contributed by atoms with Crippen LogP contribution >= 0.6 is 0 Å². The Morgan fingerprint density at radius 3 is 2.41 bits per heavy atom. The van der Waals surface area contributed by atoms with E-state index in [4.69, 9.17) is 5.10 Å². The fourth-order valence-corrected chi connectivity index (χ4v) is 4.72. The highest BCUT2D eigenvalue weighted by Crippen LogP contribution is 2.38. The van der Waals surface area contributed by atoms with Crippen LogP contribution in [0, 0.1) is 0 Å². The highest BCUT2D eigenvalue weighted by molar-refractivity contribution is 7.92. The number of sulfonamides is 1. The lowest BCUT2D eigenvalue weighted by atomic mass is 10.2. The first-order valence-corrected chi connectivity index (χ1v) is 11.3. The van der Waals surface area contributed by atoms with Gasteiger partial charge in [-0.25, -0.2) is 8.42 Å². The van der Waals surface area contributed by atoms with E-state index in [1.807, 2.05) is 47.0 Å². The summed E-state index contributed by atoms with van der Waals surface area (Å²) in [5.74, 6) is 2.22. The van der Waals surface area contributed by atoms with Crippen LogP contribution in [0.15, 0.2) is 47.9 Å². The van der Waals surface area contributed by atoms with E-state index in [0.717, 1.165) is 35.7 Å². The van der Waals surface area contributed by atoms with Crippen LogP contribution in [-0.2, 0) is 10.0 Å². The van der Waals surface area contributed by atoms with E-state index in [1.54, 1.807) is 6.08 Å². The molecule has 5 rings (SSSR count). The minimum Gasteiger partial charge on any atom is -0.353 e. The zero-order valence-corrected chi connectivity index (χ0v) is 16.7. The van der Waals surface area contributed by atoms with Gasteiger partial charge >= 0.3 is 0 Å². The molecule has 0 spiro atoms. The highest BCUT2D eigenvalue weighted by atomic mass is 32.2. The summed E-state index contributed by atoms with van der Waals surface area (Å²) in [6.45, 7) is 2.05. The average molecular weight is 411 g/mol. The Labute approximate surface area is 169 Å². The molecule has 2 aromatic heterocycles. The molecule has 1 aliphatic heterocycles. The van der Waals surface area contributed by atoms with Crippen LogP contribution in [0.5, 0.6) is 0 Å². The number of aromatic nitrogens is 4. The third-order valence-electron chi connectivity index (χ3n) is 5.37. The minimum absolute atomic E-state index is 0.429. The van der Waals surface area contributed by atoms with Gasteiger partial charge in [-0.3, -0.25) is 0 Å². The van der Waals surface area contributed by atoms with E-state index in [0.29, 0.717) is 32.1 Å². The van der Waals surface area contributed by atoms with Crippen molar-refractivity contribution >= 4 is 27.6 Å². The van der Waals surface area contributed by atoms with Gasteiger partial charge in [0.05, 0.1) is 0 Å². The third-order valence-corrected chi connectivity index (χ3v) is 6.93. The van der Waals surface area contributed by atoms with Crippen molar-refractivity contribution in [2.45, 2.75) is 18.8 Å². The molecule has 0 atom stereocenters. The van der Waals surface area contributed by atoms with Crippen molar-refractivity contribution in [3.8, 4) is 0 Å². The molecular formula is C20H22N6O2S. The first-order chi connectivity index (χ1) is 14.1. The maximum atomic E-state index is 12.7. The van der Waals surface area contributed by atoms with Gasteiger partial charge in [0.2, 0.25) is 10.0 Å². The molecule has 0 unspecified atom stereocenters. The zero-order valence-electron chi connectivity index (χ0n) is 15.9. The number of benzene rings is 1. The second-order valence-corrected chi connectivity index (χ2v) is 9.26. The lowest BCUT2D eigenvalue weighted by Gasteiger charge is -2.33. The normalized spacial score (nSPS) is 18.7. The van der Waals surface area contributed by atoms with Gasteiger partial charge in [0, 0.05) is 37.5 Å². The van der Waals surface area contributed by atoms with Crippen LogP contribution in [0.3, 0.4) is 0 Å². The molecule has 0 radical (unpaired) electrons. The molecule has 9 heteroatoms. The molecule has 1 aromatic carbocycles. The number of piperazine rings is 1. The summed E-state index contributed by atoms with van der Waals surface area (Å²) < 4.78 is 28.7. The van der Waals surface area contributed by atoms with Crippen LogP contribution < -0.4 is 4.90 Å². The Kier molecular flexibility index (Phi) is 4.56. The van der Waals surface area contributed by atoms with Crippen molar-refractivity contribution in [2.24, 2.45) is 0 Å². The standard InChI is InChI=1S/C20H22N6O2S/c27-29(28,15-10-16-4-2-1-3-5-16)25-13-11-24(12-14-25)19-9-8-18-21-22-20(17-6-7-17)26(18)23-19/h1-5,8-10,15,17H,6-7,11-14H2. The van der Waals surface area contributed by atoms with Crippen LogP contribution in [0.1, 0.15) is 30.1 Å². The molecule has 8 nitrogen and oxygen atoms in total. The summed E-state index contributed by atoms with van der Waals surface area (Å²) in [5, 5.41) is 14.5. The van der Waals surface area contributed by atoms with E-state index < -0.39 is 10.0 Å². The number of fused-ring (bicyclic) bond motifs is 1. The Morgan fingerprint density at radius 1 is 0.931 bits per heavy atom. The molecule has 150 valence electrons. The number of hydrogen-bond acceptors (Lipinski definition) is 6. The topological polar surface area (TPSA) is 83.7 Å². The van der Waals surface area contributed by atoms with Gasteiger partial charge in [-0.2, -0.15) is 8.82 Å². The van der Waals surface area contributed by atoms with Gasteiger partial charge in [-0.15, -0.1) is 15.3 Å². The monoisotopic (exact) mass is 410 g/mol. The maximum Gasteiger partial charge on any atom is 0.236 e. The summed E-state index contributed by atoms with van der Waals surface area (Å²) >= 11 is 0. The van der Waals surface area contributed by atoms with Crippen molar-refractivity contribution in [3.63, 3.8) is 0 Å². The molecule has 0 bridgehead atoms. The second-order valence-electron chi connectivity index (χ2n) is 7.44. The van der Waals surface area contributed by atoms with Crippen molar-refractivity contribution in [1.82, 2.24) is 24.1 Å².